The van der Waals surface area contributed by atoms with Crippen LogP contribution in [-0.2, 0) is 10.0 Å². The van der Waals surface area contributed by atoms with Crippen LogP contribution in [0.15, 0.2) is 17.3 Å². The Morgan fingerprint density at radius 1 is 1.21 bits per heavy atom. The first-order valence-corrected chi connectivity index (χ1v) is 8.09. The third-order valence-corrected chi connectivity index (χ3v) is 4.83. The standard InChI is InChI=1S/C12H20N4O2S/c1-13-12-14-8-11(9-15-12)19(17,18)16-7-10-5-3-2-4-6-10/h8-10,16H,2-7H2,1H3,(H,13,14,15). The molecule has 19 heavy (non-hydrogen) atoms. The normalized spacial score (nSPS) is 17.3. The molecule has 1 aliphatic carbocycles. The van der Waals surface area contributed by atoms with Gasteiger partial charge in [0.2, 0.25) is 16.0 Å². The van der Waals surface area contributed by atoms with Gasteiger partial charge in [-0.3, -0.25) is 0 Å². The molecule has 0 aliphatic heterocycles. The minimum absolute atomic E-state index is 0.113. The van der Waals surface area contributed by atoms with Crippen LogP contribution < -0.4 is 10.0 Å². The maximum Gasteiger partial charge on any atom is 0.243 e. The molecule has 1 fully saturated rings. The van der Waals surface area contributed by atoms with E-state index in [1.54, 1.807) is 7.05 Å². The number of hydrogen-bond donors (Lipinski definition) is 2. The molecule has 0 bridgehead atoms. The van der Waals surface area contributed by atoms with Crippen molar-refractivity contribution in [2.45, 2.75) is 37.0 Å². The van der Waals surface area contributed by atoms with Crippen molar-refractivity contribution in [1.29, 1.82) is 0 Å². The van der Waals surface area contributed by atoms with Crippen LogP contribution in [0.3, 0.4) is 0 Å². The van der Waals surface area contributed by atoms with Crippen LogP contribution in [0.4, 0.5) is 5.95 Å². The van der Waals surface area contributed by atoms with Crippen molar-refractivity contribution in [2.75, 3.05) is 18.9 Å². The van der Waals surface area contributed by atoms with Crippen LogP contribution in [0.25, 0.3) is 0 Å². The monoisotopic (exact) mass is 284 g/mol. The van der Waals surface area contributed by atoms with E-state index in [1.807, 2.05) is 0 Å². The highest BCUT2D eigenvalue weighted by atomic mass is 32.2. The predicted octanol–water partition coefficient (Wildman–Crippen LogP) is 1.38. The van der Waals surface area contributed by atoms with Crippen molar-refractivity contribution >= 4 is 16.0 Å². The minimum Gasteiger partial charge on any atom is -0.357 e. The number of nitrogens with one attached hydrogen (secondary N) is 2. The Labute approximate surface area is 114 Å². The van der Waals surface area contributed by atoms with E-state index in [0.29, 0.717) is 18.4 Å². The summed E-state index contributed by atoms with van der Waals surface area (Å²) in [6, 6.07) is 0. The first kappa shape index (κ1) is 14.2. The van der Waals surface area contributed by atoms with Crippen LogP contribution in [0.1, 0.15) is 32.1 Å². The molecule has 2 N–H and O–H groups in total. The van der Waals surface area contributed by atoms with Gasteiger partial charge in [-0.15, -0.1) is 0 Å². The molecule has 0 unspecified atom stereocenters. The second-order valence-corrected chi connectivity index (χ2v) is 6.62. The van der Waals surface area contributed by atoms with Gasteiger partial charge in [0, 0.05) is 13.6 Å². The van der Waals surface area contributed by atoms with Gasteiger partial charge in [-0.1, -0.05) is 19.3 Å². The van der Waals surface area contributed by atoms with Gasteiger partial charge in [0.15, 0.2) is 0 Å². The zero-order valence-electron chi connectivity index (χ0n) is 11.1. The van der Waals surface area contributed by atoms with E-state index in [0.717, 1.165) is 12.8 Å². The summed E-state index contributed by atoms with van der Waals surface area (Å²) >= 11 is 0. The number of sulfonamides is 1. The smallest absolute Gasteiger partial charge is 0.243 e. The molecule has 0 amide bonds. The topological polar surface area (TPSA) is 84.0 Å². The molecule has 0 spiro atoms. The molecular weight excluding hydrogens is 264 g/mol. The Bertz CT molecular complexity index is 495. The lowest BCUT2D eigenvalue weighted by Crippen LogP contribution is -2.30. The van der Waals surface area contributed by atoms with Gasteiger partial charge in [0.05, 0.1) is 12.4 Å². The summed E-state index contributed by atoms with van der Waals surface area (Å²) in [6.45, 7) is 0.510. The highest BCUT2D eigenvalue weighted by molar-refractivity contribution is 7.89. The summed E-state index contributed by atoms with van der Waals surface area (Å²) in [7, 11) is -1.80. The van der Waals surface area contributed by atoms with Crippen LogP contribution in [0.2, 0.25) is 0 Å². The van der Waals surface area contributed by atoms with Gasteiger partial charge in [0.1, 0.15) is 4.90 Å². The van der Waals surface area contributed by atoms with Crippen molar-refractivity contribution in [2.24, 2.45) is 5.92 Å². The molecule has 0 atom stereocenters. The molecule has 0 aromatic carbocycles. The van der Waals surface area contributed by atoms with E-state index >= 15 is 0 Å². The summed E-state index contributed by atoms with van der Waals surface area (Å²) < 4.78 is 26.8. The second-order valence-electron chi connectivity index (χ2n) is 4.85. The number of nitrogens with zero attached hydrogens (tertiary/aromatic N) is 2. The van der Waals surface area contributed by atoms with Gasteiger partial charge in [-0.2, -0.15) is 0 Å². The lowest BCUT2D eigenvalue weighted by Gasteiger charge is -2.21. The third kappa shape index (κ3) is 3.87. The largest absolute Gasteiger partial charge is 0.357 e. The SMILES string of the molecule is CNc1ncc(S(=O)(=O)NCC2CCCCC2)cn1. The van der Waals surface area contributed by atoms with E-state index in [9.17, 15) is 8.42 Å². The molecule has 1 aliphatic rings. The molecule has 0 saturated heterocycles. The van der Waals surface area contributed by atoms with Gasteiger partial charge < -0.3 is 5.32 Å². The summed E-state index contributed by atoms with van der Waals surface area (Å²) in [5, 5.41) is 2.75. The van der Waals surface area contributed by atoms with Crippen LogP contribution >= 0.6 is 0 Å². The Balaban J connectivity index is 1.96. The van der Waals surface area contributed by atoms with Crippen LogP contribution in [0.5, 0.6) is 0 Å². The van der Waals surface area contributed by atoms with Crippen molar-refractivity contribution in [3.8, 4) is 0 Å². The van der Waals surface area contributed by atoms with E-state index in [2.05, 4.69) is 20.0 Å². The number of hydrogen-bond acceptors (Lipinski definition) is 5. The second kappa shape index (κ2) is 6.29. The first-order chi connectivity index (χ1) is 9.12. The number of anilines is 1. The highest BCUT2D eigenvalue weighted by Gasteiger charge is 2.19. The predicted molar refractivity (Wildman–Crippen MR) is 73.3 cm³/mol. The maximum absolute atomic E-state index is 12.1. The molecule has 1 aromatic heterocycles. The Kier molecular flexibility index (Phi) is 4.71. The van der Waals surface area contributed by atoms with Gasteiger partial charge in [-0.25, -0.2) is 23.1 Å². The molecule has 1 heterocycles. The summed E-state index contributed by atoms with van der Waals surface area (Å²) in [5.74, 6) is 0.868. The van der Waals surface area contributed by atoms with E-state index in [4.69, 9.17) is 0 Å². The van der Waals surface area contributed by atoms with Gasteiger partial charge in [0.25, 0.3) is 0 Å². The fraction of sp³-hybridized carbons (Fsp3) is 0.667. The molecule has 106 valence electrons. The summed E-state index contributed by atoms with van der Waals surface area (Å²) in [6.07, 6.45) is 8.53. The quantitative estimate of drug-likeness (QED) is 0.853. The zero-order chi connectivity index (χ0) is 13.7. The fourth-order valence-corrected chi connectivity index (χ4v) is 3.29. The molecule has 7 heteroatoms. The lowest BCUT2D eigenvalue weighted by atomic mass is 9.90. The van der Waals surface area contributed by atoms with Crippen molar-refractivity contribution in [1.82, 2.24) is 14.7 Å². The molecule has 1 saturated carbocycles. The fourth-order valence-electron chi connectivity index (χ4n) is 2.29. The zero-order valence-corrected chi connectivity index (χ0v) is 11.9. The summed E-state index contributed by atoms with van der Waals surface area (Å²) in [5.41, 5.74) is 0. The molecular formula is C12H20N4O2S. The average Bonchev–Trinajstić information content (AvgIpc) is 2.46. The third-order valence-electron chi connectivity index (χ3n) is 3.45. The van der Waals surface area contributed by atoms with Gasteiger partial charge >= 0.3 is 0 Å². The van der Waals surface area contributed by atoms with E-state index < -0.39 is 10.0 Å². The Morgan fingerprint density at radius 3 is 2.42 bits per heavy atom. The van der Waals surface area contributed by atoms with E-state index in [1.165, 1.54) is 31.7 Å². The number of rotatable bonds is 5. The van der Waals surface area contributed by atoms with Crippen LogP contribution in [-0.4, -0.2) is 32.0 Å². The van der Waals surface area contributed by atoms with Crippen molar-refractivity contribution in [3.63, 3.8) is 0 Å². The number of aromatic nitrogens is 2. The van der Waals surface area contributed by atoms with Crippen molar-refractivity contribution in [3.05, 3.63) is 12.4 Å². The minimum atomic E-state index is -3.49. The van der Waals surface area contributed by atoms with Crippen LogP contribution in [0, 0.1) is 5.92 Å². The average molecular weight is 284 g/mol. The molecule has 0 radical (unpaired) electrons. The van der Waals surface area contributed by atoms with E-state index in [-0.39, 0.29) is 4.90 Å². The molecule has 6 nitrogen and oxygen atoms in total. The van der Waals surface area contributed by atoms with Crippen molar-refractivity contribution < 1.29 is 8.42 Å². The Morgan fingerprint density at radius 2 is 1.84 bits per heavy atom. The molecule has 2 rings (SSSR count). The molecule has 1 aromatic rings. The first-order valence-electron chi connectivity index (χ1n) is 6.61. The Hall–Kier alpha value is -1.21. The maximum atomic E-state index is 12.1. The summed E-state index contributed by atoms with van der Waals surface area (Å²) in [4.78, 5) is 7.95. The lowest BCUT2D eigenvalue weighted by molar-refractivity contribution is 0.357. The van der Waals surface area contributed by atoms with Gasteiger partial charge in [-0.05, 0) is 18.8 Å². The highest BCUT2D eigenvalue weighted by Crippen LogP contribution is 2.23.